The summed E-state index contributed by atoms with van der Waals surface area (Å²) in [5.74, 6) is 1.43. The van der Waals surface area contributed by atoms with Crippen molar-refractivity contribution in [3.05, 3.63) is 94.0 Å². The average molecular weight is 512 g/mol. The summed E-state index contributed by atoms with van der Waals surface area (Å²) in [5, 5.41) is 2.47. The normalized spacial score (nSPS) is 19.6. The first kappa shape index (κ1) is 24.6. The van der Waals surface area contributed by atoms with E-state index >= 15 is 0 Å². The van der Waals surface area contributed by atoms with Gasteiger partial charge in [-0.3, -0.25) is 24.7 Å². The third-order valence-corrected chi connectivity index (χ3v) is 7.94. The minimum atomic E-state index is -0.267. The van der Waals surface area contributed by atoms with Gasteiger partial charge in [0.05, 0.1) is 13.2 Å². The second kappa shape index (κ2) is 10.6. The number of hydrogen-bond acceptors (Lipinski definition) is 6. The number of carbonyl (C=O) groups excluding carboxylic acids is 2. The van der Waals surface area contributed by atoms with E-state index in [4.69, 9.17) is 9.47 Å². The van der Waals surface area contributed by atoms with Crippen LogP contribution in [0, 0.1) is 0 Å². The van der Waals surface area contributed by atoms with Gasteiger partial charge in [-0.1, -0.05) is 42.5 Å². The average Bonchev–Trinajstić information content (AvgIpc) is 3.37. The number of methoxy groups -OCH3 is 1. The van der Waals surface area contributed by atoms with Crippen LogP contribution in [-0.4, -0.2) is 41.3 Å². The molecule has 1 N–H and O–H groups in total. The van der Waals surface area contributed by atoms with Crippen LogP contribution in [0.25, 0.3) is 0 Å². The van der Waals surface area contributed by atoms with Gasteiger partial charge in [-0.15, -0.1) is 0 Å². The zero-order chi connectivity index (χ0) is 26.1. The molecule has 3 aromatic rings. The van der Waals surface area contributed by atoms with Crippen LogP contribution in [0.4, 0.5) is 0 Å². The molecule has 196 valence electrons. The molecule has 1 atom stereocenters. The Hall–Kier alpha value is -3.68. The molecule has 7 nitrogen and oxygen atoms in total. The number of imide groups is 1. The molecule has 3 heterocycles. The van der Waals surface area contributed by atoms with Crippen molar-refractivity contribution >= 4 is 11.8 Å². The van der Waals surface area contributed by atoms with Gasteiger partial charge in [-0.25, -0.2) is 0 Å². The van der Waals surface area contributed by atoms with Gasteiger partial charge in [-0.2, -0.15) is 0 Å². The number of benzene rings is 3. The van der Waals surface area contributed by atoms with E-state index in [9.17, 15) is 9.59 Å². The van der Waals surface area contributed by atoms with Gasteiger partial charge in [0.25, 0.3) is 0 Å². The van der Waals surface area contributed by atoms with Crippen LogP contribution < -0.4 is 14.8 Å². The standard InChI is InChI=1S/C31H33N3O4/c1-37-26-10-9-24-17-33(14-13-23(24)15-26)16-21-5-7-22(8-6-21)20-38-29-4-2-3-25-18-34(19-27(25)29)28-11-12-30(35)32-31(28)36/h2-10,15,28H,11-14,16-20H2,1H3,(H,32,35,36). The molecule has 3 aliphatic rings. The summed E-state index contributed by atoms with van der Waals surface area (Å²) in [4.78, 5) is 28.5. The Bertz CT molecular complexity index is 1350. The van der Waals surface area contributed by atoms with Crippen LogP contribution in [0.5, 0.6) is 11.5 Å². The summed E-state index contributed by atoms with van der Waals surface area (Å²) in [6.45, 7) is 4.77. The van der Waals surface area contributed by atoms with Crippen LogP contribution in [0.3, 0.4) is 0 Å². The Kier molecular flexibility index (Phi) is 6.87. The van der Waals surface area contributed by atoms with Crippen LogP contribution in [-0.2, 0) is 48.8 Å². The van der Waals surface area contributed by atoms with Crippen molar-refractivity contribution in [2.75, 3.05) is 13.7 Å². The Morgan fingerprint density at radius 2 is 1.74 bits per heavy atom. The second-order valence-electron chi connectivity index (χ2n) is 10.5. The number of ether oxygens (including phenoxy) is 2. The predicted octanol–water partition coefficient (Wildman–Crippen LogP) is 3.95. The Morgan fingerprint density at radius 1 is 0.895 bits per heavy atom. The smallest absolute Gasteiger partial charge is 0.243 e. The zero-order valence-corrected chi connectivity index (χ0v) is 21.7. The molecule has 0 spiro atoms. The Morgan fingerprint density at radius 3 is 2.55 bits per heavy atom. The lowest BCUT2D eigenvalue weighted by Gasteiger charge is -2.29. The molecular weight excluding hydrogens is 478 g/mol. The highest BCUT2D eigenvalue weighted by molar-refractivity contribution is 6.00. The lowest BCUT2D eigenvalue weighted by atomic mass is 9.99. The second-order valence-corrected chi connectivity index (χ2v) is 10.5. The molecule has 1 unspecified atom stereocenters. The number of piperidine rings is 1. The first-order valence-corrected chi connectivity index (χ1v) is 13.3. The van der Waals surface area contributed by atoms with E-state index in [0.717, 1.165) is 48.7 Å². The molecular formula is C31H33N3O4. The van der Waals surface area contributed by atoms with E-state index in [2.05, 4.69) is 57.6 Å². The van der Waals surface area contributed by atoms with Crippen molar-refractivity contribution in [1.82, 2.24) is 15.1 Å². The maximum Gasteiger partial charge on any atom is 0.243 e. The molecule has 3 aliphatic heterocycles. The third-order valence-electron chi connectivity index (χ3n) is 7.94. The maximum absolute atomic E-state index is 12.4. The molecule has 0 aromatic heterocycles. The van der Waals surface area contributed by atoms with E-state index in [1.54, 1.807) is 7.11 Å². The third kappa shape index (κ3) is 5.17. The largest absolute Gasteiger partial charge is 0.497 e. The van der Waals surface area contributed by atoms with E-state index < -0.39 is 0 Å². The van der Waals surface area contributed by atoms with Crippen LogP contribution >= 0.6 is 0 Å². The van der Waals surface area contributed by atoms with E-state index in [-0.39, 0.29) is 17.9 Å². The minimum Gasteiger partial charge on any atom is -0.497 e. The van der Waals surface area contributed by atoms with Gasteiger partial charge >= 0.3 is 0 Å². The first-order valence-electron chi connectivity index (χ1n) is 13.3. The molecule has 0 radical (unpaired) electrons. The molecule has 7 heteroatoms. The highest BCUT2D eigenvalue weighted by Crippen LogP contribution is 2.34. The summed E-state index contributed by atoms with van der Waals surface area (Å²) >= 11 is 0. The Balaban J connectivity index is 1.04. The number of rotatable bonds is 7. The summed E-state index contributed by atoms with van der Waals surface area (Å²) in [5.41, 5.74) is 7.52. The number of nitrogens with one attached hydrogen (secondary N) is 1. The molecule has 0 aliphatic carbocycles. The van der Waals surface area contributed by atoms with Gasteiger partial charge in [0, 0.05) is 44.7 Å². The van der Waals surface area contributed by atoms with E-state index in [1.165, 1.54) is 22.3 Å². The highest BCUT2D eigenvalue weighted by Gasteiger charge is 2.35. The van der Waals surface area contributed by atoms with Gasteiger partial charge < -0.3 is 9.47 Å². The topological polar surface area (TPSA) is 71.1 Å². The molecule has 6 rings (SSSR count). The number of amides is 2. The van der Waals surface area contributed by atoms with Crippen molar-refractivity contribution in [3.8, 4) is 11.5 Å². The van der Waals surface area contributed by atoms with Crippen molar-refractivity contribution < 1.29 is 19.1 Å². The summed E-state index contributed by atoms with van der Waals surface area (Å²) < 4.78 is 11.6. The fourth-order valence-electron chi connectivity index (χ4n) is 5.81. The SMILES string of the molecule is COc1ccc2c(c1)CCN(Cc1ccc(COc3cccc4c3CN(C3CCC(=O)NC3=O)C4)cc1)C2. The van der Waals surface area contributed by atoms with Gasteiger partial charge in [0.2, 0.25) is 11.8 Å². The number of fused-ring (bicyclic) bond motifs is 2. The Labute approximate surface area is 223 Å². The van der Waals surface area contributed by atoms with Crippen LogP contribution in [0.1, 0.15) is 46.2 Å². The van der Waals surface area contributed by atoms with Crippen molar-refractivity contribution in [2.45, 2.75) is 58.1 Å². The molecule has 1 saturated heterocycles. The van der Waals surface area contributed by atoms with Crippen molar-refractivity contribution in [1.29, 1.82) is 0 Å². The van der Waals surface area contributed by atoms with E-state index in [0.29, 0.717) is 32.5 Å². The number of hydrogen-bond donors (Lipinski definition) is 1. The van der Waals surface area contributed by atoms with Gasteiger partial charge in [0.15, 0.2) is 0 Å². The zero-order valence-electron chi connectivity index (χ0n) is 21.7. The quantitative estimate of drug-likeness (QED) is 0.485. The van der Waals surface area contributed by atoms with Crippen molar-refractivity contribution in [2.24, 2.45) is 0 Å². The van der Waals surface area contributed by atoms with Crippen LogP contribution in [0.15, 0.2) is 60.7 Å². The monoisotopic (exact) mass is 511 g/mol. The first-order chi connectivity index (χ1) is 18.6. The molecule has 2 amide bonds. The molecule has 0 saturated carbocycles. The number of nitrogens with zero attached hydrogens (tertiary/aromatic N) is 2. The molecule has 1 fully saturated rings. The minimum absolute atomic E-state index is 0.180. The molecule has 38 heavy (non-hydrogen) atoms. The predicted molar refractivity (Wildman–Crippen MR) is 143 cm³/mol. The molecule has 3 aromatic carbocycles. The van der Waals surface area contributed by atoms with Crippen LogP contribution in [0.2, 0.25) is 0 Å². The lowest BCUT2D eigenvalue weighted by molar-refractivity contribution is -0.137. The highest BCUT2D eigenvalue weighted by atomic mass is 16.5. The lowest BCUT2D eigenvalue weighted by Crippen LogP contribution is -2.50. The molecule has 0 bridgehead atoms. The summed E-state index contributed by atoms with van der Waals surface area (Å²) in [6.07, 6.45) is 2.00. The van der Waals surface area contributed by atoms with Gasteiger partial charge in [0.1, 0.15) is 18.1 Å². The number of carbonyl (C=O) groups is 2. The summed E-state index contributed by atoms with van der Waals surface area (Å²) in [7, 11) is 1.72. The van der Waals surface area contributed by atoms with Gasteiger partial charge in [-0.05, 0) is 58.9 Å². The summed E-state index contributed by atoms with van der Waals surface area (Å²) in [6, 6.07) is 20.9. The fourth-order valence-corrected chi connectivity index (χ4v) is 5.81. The fraction of sp³-hybridized carbons (Fsp3) is 0.355. The van der Waals surface area contributed by atoms with E-state index in [1.807, 2.05) is 18.2 Å². The maximum atomic E-state index is 12.4. The van der Waals surface area contributed by atoms with Crippen molar-refractivity contribution in [3.63, 3.8) is 0 Å².